The number of nitrogens with zero attached hydrogens (tertiary/aromatic N) is 1. The average molecular weight is 329 g/mol. The van der Waals surface area contributed by atoms with Gasteiger partial charge in [0.2, 0.25) is 6.10 Å². The van der Waals surface area contributed by atoms with Crippen LogP contribution in [0.2, 0.25) is 0 Å². The van der Waals surface area contributed by atoms with Crippen LogP contribution in [0.3, 0.4) is 0 Å². The van der Waals surface area contributed by atoms with Crippen LogP contribution in [-0.2, 0) is 9.63 Å². The third kappa shape index (κ3) is 4.55. The van der Waals surface area contributed by atoms with E-state index in [2.05, 4.69) is 10.5 Å². The fraction of sp³-hybridized carbons (Fsp3) is 0.222. The topological polar surface area (TPSA) is 76.7 Å². The monoisotopic (exact) mass is 329 g/mol. The third-order valence-corrected chi connectivity index (χ3v) is 3.47. The molecule has 0 heterocycles. The summed E-state index contributed by atoms with van der Waals surface area (Å²) in [6.45, 7) is 5.43. The first kappa shape index (κ1) is 17.5. The molecule has 0 bridgehead atoms. The summed E-state index contributed by atoms with van der Waals surface area (Å²) in [5.74, 6) is -0.630. The lowest BCUT2D eigenvalue weighted by molar-refractivity contribution is -0.126. The number of rotatable bonds is 5. The van der Waals surface area contributed by atoms with Gasteiger partial charge in [0.05, 0.1) is 0 Å². The minimum Gasteiger partial charge on any atom is -0.381 e. The van der Waals surface area contributed by atoms with Crippen molar-refractivity contribution in [1.29, 1.82) is 0 Å². The lowest BCUT2D eigenvalue weighted by atomic mass is 10.1. The predicted molar refractivity (Wildman–Crippen MR) is 92.2 cm³/mol. The summed E-state index contributed by atoms with van der Waals surface area (Å²) in [5, 5.41) is 6.54. The average Bonchev–Trinajstić information content (AvgIpc) is 2.56. The van der Waals surface area contributed by atoms with Gasteiger partial charge in [-0.05, 0) is 62.2 Å². The number of oxime groups is 1. The maximum absolute atomic E-state index is 12.9. The molecule has 126 valence electrons. The number of amidine groups is 1. The van der Waals surface area contributed by atoms with Crippen LogP contribution < -0.4 is 11.1 Å². The Labute approximate surface area is 140 Å². The minimum absolute atomic E-state index is 0.0707. The standard InChI is InChI=1S/C18H20FN3O2/c1-11-4-5-12(2)16(10-11)21-18(23)13(3)24-22-17(20)14-6-8-15(19)9-7-14/h4-10,13H,1-3H3,(H2,20,22)(H,21,23). The SMILES string of the molecule is Cc1ccc(C)c(NC(=O)C(C)O/N=C(\N)c2ccc(F)cc2)c1. The second-order valence-electron chi connectivity index (χ2n) is 5.54. The van der Waals surface area contributed by atoms with E-state index in [1.165, 1.54) is 24.3 Å². The van der Waals surface area contributed by atoms with Gasteiger partial charge in [-0.3, -0.25) is 4.79 Å². The van der Waals surface area contributed by atoms with Crippen LogP contribution in [0.4, 0.5) is 10.1 Å². The smallest absolute Gasteiger partial charge is 0.267 e. The number of benzene rings is 2. The zero-order chi connectivity index (χ0) is 17.7. The van der Waals surface area contributed by atoms with Crippen LogP contribution in [-0.4, -0.2) is 17.8 Å². The van der Waals surface area contributed by atoms with Gasteiger partial charge in [0, 0.05) is 11.3 Å². The van der Waals surface area contributed by atoms with E-state index in [9.17, 15) is 9.18 Å². The first-order valence-corrected chi connectivity index (χ1v) is 7.50. The molecule has 6 heteroatoms. The molecule has 24 heavy (non-hydrogen) atoms. The van der Waals surface area contributed by atoms with Gasteiger partial charge in [-0.2, -0.15) is 0 Å². The van der Waals surface area contributed by atoms with E-state index in [-0.39, 0.29) is 17.6 Å². The quantitative estimate of drug-likeness (QED) is 0.503. The van der Waals surface area contributed by atoms with Gasteiger partial charge in [0.25, 0.3) is 5.91 Å². The Bertz CT molecular complexity index is 757. The van der Waals surface area contributed by atoms with E-state index in [0.717, 1.165) is 16.8 Å². The van der Waals surface area contributed by atoms with E-state index >= 15 is 0 Å². The lowest BCUT2D eigenvalue weighted by Crippen LogP contribution is -2.27. The normalized spacial score (nSPS) is 12.6. The largest absolute Gasteiger partial charge is 0.381 e. The highest BCUT2D eigenvalue weighted by Crippen LogP contribution is 2.16. The predicted octanol–water partition coefficient (Wildman–Crippen LogP) is 3.11. The first-order chi connectivity index (χ1) is 11.4. The molecular formula is C18H20FN3O2. The summed E-state index contributed by atoms with van der Waals surface area (Å²) < 4.78 is 12.9. The van der Waals surface area contributed by atoms with Crippen molar-refractivity contribution in [1.82, 2.24) is 0 Å². The second kappa shape index (κ2) is 7.59. The van der Waals surface area contributed by atoms with Crippen molar-refractivity contribution in [3.8, 4) is 0 Å². The van der Waals surface area contributed by atoms with Crippen molar-refractivity contribution in [2.45, 2.75) is 26.9 Å². The molecule has 5 nitrogen and oxygen atoms in total. The van der Waals surface area contributed by atoms with Gasteiger partial charge in [0.1, 0.15) is 5.82 Å². The van der Waals surface area contributed by atoms with Crippen LogP contribution in [0.25, 0.3) is 0 Å². The van der Waals surface area contributed by atoms with Gasteiger partial charge in [-0.25, -0.2) is 4.39 Å². The van der Waals surface area contributed by atoms with Crippen molar-refractivity contribution >= 4 is 17.4 Å². The van der Waals surface area contributed by atoms with E-state index in [1.54, 1.807) is 6.92 Å². The van der Waals surface area contributed by atoms with Gasteiger partial charge < -0.3 is 15.9 Å². The lowest BCUT2D eigenvalue weighted by Gasteiger charge is -2.13. The number of aryl methyl sites for hydroxylation is 2. The number of anilines is 1. The Morgan fingerprint density at radius 2 is 1.88 bits per heavy atom. The highest BCUT2D eigenvalue weighted by atomic mass is 19.1. The molecule has 0 saturated heterocycles. The Balaban J connectivity index is 1.99. The van der Waals surface area contributed by atoms with Crippen LogP contribution in [0.5, 0.6) is 0 Å². The Morgan fingerprint density at radius 1 is 1.21 bits per heavy atom. The maximum Gasteiger partial charge on any atom is 0.267 e. The number of halogens is 1. The number of nitrogens with two attached hydrogens (primary N) is 1. The molecule has 0 saturated carbocycles. The molecule has 2 rings (SSSR count). The van der Waals surface area contributed by atoms with E-state index in [4.69, 9.17) is 10.6 Å². The Kier molecular flexibility index (Phi) is 5.52. The molecule has 3 N–H and O–H groups in total. The minimum atomic E-state index is -0.830. The van der Waals surface area contributed by atoms with Gasteiger partial charge in [0.15, 0.2) is 5.84 Å². The first-order valence-electron chi connectivity index (χ1n) is 7.50. The number of carbonyl (C=O) groups is 1. The summed E-state index contributed by atoms with van der Waals surface area (Å²) in [7, 11) is 0. The van der Waals surface area contributed by atoms with Gasteiger partial charge >= 0.3 is 0 Å². The van der Waals surface area contributed by atoms with Crippen molar-refractivity contribution in [3.63, 3.8) is 0 Å². The highest BCUT2D eigenvalue weighted by molar-refractivity contribution is 5.97. The fourth-order valence-corrected chi connectivity index (χ4v) is 1.96. The van der Waals surface area contributed by atoms with Crippen molar-refractivity contribution in [2.24, 2.45) is 10.9 Å². The number of nitrogens with one attached hydrogen (secondary N) is 1. The maximum atomic E-state index is 12.9. The van der Waals surface area contributed by atoms with Crippen LogP contribution in [0.1, 0.15) is 23.6 Å². The molecule has 1 unspecified atom stereocenters. The molecule has 2 aromatic carbocycles. The summed E-state index contributed by atoms with van der Waals surface area (Å²) >= 11 is 0. The van der Waals surface area contributed by atoms with E-state index < -0.39 is 6.10 Å². The molecule has 0 radical (unpaired) electrons. The van der Waals surface area contributed by atoms with Crippen LogP contribution in [0.15, 0.2) is 47.6 Å². The molecule has 1 atom stereocenters. The summed E-state index contributed by atoms with van der Waals surface area (Å²) in [6.07, 6.45) is -0.830. The number of hydrogen-bond donors (Lipinski definition) is 2. The molecule has 1 amide bonds. The molecule has 0 aliphatic heterocycles. The summed E-state index contributed by atoms with van der Waals surface area (Å²) in [6, 6.07) is 11.3. The molecule has 0 fully saturated rings. The number of carbonyl (C=O) groups excluding carboxylic acids is 1. The zero-order valence-corrected chi connectivity index (χ0v) is 13.8. The molecule has 2 aromatic rings. The van der Waals surface area contributed by atoms with Crippen molar-refractivity contribution in [2.75, 3.05) is 5.32 Å². The number of hydrogen-bond acceptors (Lipinski definition) is 3. The summed E-state index contributed by atoms with van der Waals surface area (Å²) in [5.41, 5.74) is 9.00. The van der Waals surface area contributed by atoms with Crippen molar-refractivity contribution in [3.05, 3.63) is 65.0 Å². The molecule has 0 aliphatic rings. The van der Waals surface area contributed by atoms with Gasteiger partial charge in [-0.15, -0.1) is 0 Å². The summed E-state index contributed by atoms with van der Waals surface area (Å²) in [4.78, 5) is 17.3. The van der Waals surface area contributed by atoms with E-state index in [1.807, 2.05) is 32.0 Å². The zero-order valence-electron chi connectivity index (χ0n) is 13.8. The fourth-order valence-electron chi connectivity index (χ4n) is 1.96. The number of amides is 1. The Morgan fingerprint density at radius 3 is 2.54 bits per heavy atom. The molecular weight excluding hydrogens is 309 g/mol. The van der Waals surface area contributed by atoms with Crippen molar-refractivity contribution < 1.29 is 14.0 Å². The third-order valence-electron chi connectivity index (χ3n) is 3.47. The molecule has 0 aromatic heterocycles. The van der Waals surface area contributed by atoms with Gasteiger partial charge in [-0.1, -0.05) is 17.3 Å². The van der Waals surface area contributed by atoms with Crippen LogP contribution >= 0.6 is 0 Å². The Hall–Kier alpha value is -2.89. The van der Waals surface area contributed by atoms with Crippen LogP contribution in [0, 0.1) is 19.7 Å². The highest BCUT2D eigenvalue weighted by Gasteiger charge is 2.15. The van der Waals surface area contributed by atoms with E-state index in [0.29, 0.717) is 5.56 Å². The molecule has 0 aliphatic carbocycles. The second-order valence-corrected chi connectivity index (χ2v) is 5.54. The molecule has 0 spiro atoms.